The highest BCUT2D eigenvalue weighted by Crippen LogP contribution is 2.27. The second-order valence-electron chi connectivity index (χ2n) is 7.88. The van der Waals surface area contributed by atoms with Crippen molar-refractivity contribution in [3.05, 3.63) is 36.2 Å². The van der Waals surface area contributed by atoms with Gasteiger partial charge in [0, 0.05) is 25.7 Å². The molecule has 1 amide bonds. The van der Waals surface area contributed by atoms with E-state index in [1.54, 1.807) is 30.5 Å². The molecule has 3 aromatic heterocycles. The summed E-state index contributed by atoms with van der Waals surface area (Å²) in [4.78, 5) is 19.7. The smallest absolute Gasteiger partial charge is 0.254 e. The van der Waals surface area contributed by atoms with Gasteiger partial charge in [-0.15, -0.1) is 24.8 Å². The molecule has 3 aromatic rings. The number of hydrogen-bond donors (Lipinski definition) is 1. The van der Waals surface area contributed by atoms with Crippen LogP contribution in [0.4, 0.5) is 0 Å². The summed E-state index contributed by atoms with van der Waals surface area (Å²) < 4.78 is 7.34. The van der Waals surface area contributed by atoms with Crippen molar-refractivity contribution in [3.63, 3.8) is 0 Å². The van der Waals surface area contributed by atoms with E-state index in [0.29, 0.717) is 35.1 Å². The lowest BCUT2D eigenvalue weighted by Crippen LogP contribution is -2.34. The number of hydrogen-bond acceptors (Lipinski definition) is 5. The highest BCUT2D eigenvalue weighted by Gasteiger charge is 2.22. The van der Waals surface area contributed by atoms with E-state index in [1.165, 1.54) is 0 Å². The standard InChI is InChI=1S/C21H29N5O2.2ClH/c1-13(2)17(22)8-9-25(5)21(27)15-11-18(19-7-6-10-28-19)24-20-16(15)12-23-26(20)14(3)4;;/h6-7,10-14,17H,8-9,22H2,1-5H3;2*1H. The monoisotopic (exact) mass is 455 g/mol. The first kappa shape index (κ1) is 25.9. The van der Waals surface area contributed by atoms with Gasteiger partial charge in [-0.25, -0.2) is 9.67 Å². The van der Waals surface area contributed by atoms with Crippen LogP contribution in [0, 0.1) is 5.92 Å². The summed E-state index contributed by atoms with van der Waals surface area (Å²) in [5, 5.41) is 5.19. The van der Waals surface area contributed by atoms with Crippen molar-refractivity contribution in [2.24, 2.45) is 11.7 Å². The Bertz CT molecular complexity index is 954. The number of amides is 1. The average Bonchev–Trinajstić information content (AvgIpc) is 3.33. The number of nitrogens with two attached hydrogens (primary N) is 1. The number of carbonyl (C=O) groups is 1. The Kier molecular flexibility index (Phi) is 9.34. The first-order valence-electron chi connectivity index (χ1n) is 9.72. The third-order valence-corrected chi connectivity index (χ3v) is 5.06. The number of fused-ring (bicyclic) bond motifs is 1. The minimum atomic E-state index is -0.0699. The maximum atomic E-state index is 13.2. The molecule has 9 heteroatoms. The Balaban J connectivity index is 0.00000225. The Morgan fingerprint density at radius 2 is 1.97 bits per heavy atom. The number of aromatic nitrogens is 3. The molecule has 0 aliphatic rings. The molecule has 0 aliphatic heterocycles. The van der Waals surface area contributed by atoms with E-state index >= 15 is 0 Å². The summed E-state index contributed by atoms with van der Waals surface area (Å²) in [5.74, 6) is 0.933. The number of rotatable bonds is 7. The average molecular weight is 456 g/mol. The maximum Gasteiger partial charge on any atom is 0.254 e. The van der Waals surface area contributed by atoms with E-state index in [9.17, 15) is 4.79 Å². The molecule has 2 N–H and O–H groups in total. The van der Waals surface area contributed by atoms with Gasteiger partial charge in [-0.05, 0) is 44.4 Å². The van der Waals surface area contributed by atoms with Crippen molar-refractivity contribution in [2.75, 3.05) is 13.6 Å². The van der Waals surface area contributed by atoms with Gasteiger partial charge >= 0.3 is 0 Å². The van der Waals surface area contributed by atoms with Gasteiger partial charge in [0.25, 0.3) is 5.91 Å². The van der Waals surface area contributed by atoms with Gasteiger partial charge < -0.3 is 15.1 Å². The second kappa shape index (κ2) is 10.8. The van der Waals surface area contributed by atoms with E-state index in [2.05, 4.69) is 18.9 Å². The van der Waals surface area contributed by atoms with Crippen LogP contribution < -0.4 is 5.73 Å². The predicted octanol–water partition coefficient (Wildman–Crippen LogP) is 4.56. The highest BCUT2D eigenvalue weighted by atomic mass is 35.5. The molecule has 0 saturated heterocycles. The quantitative estimate of drug-likeness (QED) is 0.563. The molecule has 3 heterocycles. The molecule has 0 radical (unpaired) electrons. The van der Waals surface area contributed by atoms with Crippen LogP contribution in [0.2, 0.25) is 0 Å². The molecule has 166 valence electrons. The molecule has 0 bridgehead atoms. The summed E-state index contributed by atoms with van der Waals surface area (Å²) in [7, 11) is 1.81. The van der Waals surface area contributed by atoms with Gasteiger partial charge in [0.2, 0.25) is 0 Å². The Morgan fingerprint density at radius 1 is 1.27 bits per heavy atom. The summed E-state index contributed by atoms with van der Waals surface area (Å²) in [6, 6.07) is 5.62. The number of furan rings is 1. The van der Waals surface area contributed by atoms with Crippen molar-refractivity contribution in [2.45, 2.75) is 46.2 Å². The number of halogens is 2. The molecule has 7 nitrogen and oxygen atoms in total. The van der Waals surface area contributed by atoms with Crippen molar-refractivity contribution < 1.29 is 9.21 Å². The first-order chi connectivity index (χ1) is 13.3. The van der Waals surface area contributed by atoms with Crippen LogP contribution in [0.3, 0.4) is 0 Å². The van der Waals surface area contributed by atoms with Crippen LogP contribution in [0.5, 0.6) is 0 Å². The second-order valence-corrected chi connectivity index (χ2v) is 7.88. The molecule has 3 rings (SSSR count). The van der Waals surface area contributed by atoms with Crippen molar-refractivity contribution in [1.82, 2.24) is 19.7 Å². The number of nitrogens with zero attached hydrogens (tertiary/aromatic N) is 4. The molecular weight excluding hydrogens is 425 g/mol. The molecule has 1 unspecified atom stereocenters. The fraction of sp³-hybridized carbons (Fsp3) is 0.476. The van der Waals surface area contributed by atoms with E-state index in [0.717, 1.165) is 11.8 Å². The van der Waals surface area contributed by atoms with Gasteiger partial charge in [-0.1, -0.05) is 13.8 Å². The van der Waals surface area contributed by atoms with Crippen molar-refractivity contribution in [1.29, 1.82) is 0 Å². The molecule has 0 saturated carbocycles. The topological polar surface area (TPSA) is 90.2 Å². The summed E-state index contributed by atoms with van der Waals surface area (Å²) in [6.45, 7) is 8.85. The fourth-order valence-corrected chi connectivity index (χ4v) is 3.11. The van der Waals surface area contributed by atoms with E-state index in [1.807, 2.05) is 30.7 Å². The van der Waals surface area contributed by atoms with E-state index in [4.69, 9.17) is 15.1 Å². The molecular formula is C21H31Cl2N5O2. The lowest BCUT2D eigenvalue weighted by atomic mass is 10.0. The minimum Gasteiger partial charge on any atom is -0.463 e. The van der Waals surface area contributed by atoms with Gasteiger partial charge in [-0.3, -0.25) is 4.79 Å². The fourth-order valence-electron chi connectivity index (χ4n) is 3.11. The third-order valence-electron chi connectivity index (χ3n) is 5.06. The molecule has 0 aliphatic carbocycles. The van der Waals surface area contributed by atoms with Gasteiger partial charge in [0.1, 0.15) is 5.69 Å². The normalized spacial score (nSPS) is 12.0. The third kappa shape index (κ3) is 5.33. The Hall–Kier alpha value is -2.09. The Morgan fingerprint density at radius 3 is 2.53 bits per heavy atom. The van der Waals surface area contributed by atoms with Gasteiger partial charge in [0.05, 0.1) is 23.4 Å². The molecule has 0 spiro atoms. The summed E-state index contributed by atoms with van der Waals surface area (Å²) in [6.07, 6.45) is 4.07. The minimum absolute atomic E-state index is 0. The van der Waals surface area contributed by atoms with Crippen LogP contribution in [0.1, 0.15) is 50.5 Å². The van der Waals surface area contributed by atoms with E-state index < -0.39 is 0 Å². The summed E-state index contributed by atoms with van der Waals surface area (Å²) >= 11 is 0. The molecule has 0 aromatic carbocycles. The Labute approximate surface area is 189 Å². The van der Waals surface area contributed by atoms with Crippen molar-refractivity contribution >= 4 is 41.8 Å². The van der Waals surface area contributed by atoms with Crippen molar-refractivity contribution in [3.8, 4) is 11.5 Å². The van der Waals surface area contributed by atoms with Crippen LogP contribution in [0.15, 0.2) is 35.1 Å². The van der Waals surface area contributed by atoms with E-state index in [-0.39, 0.29) is 42.8 Å². The summed E-state index contributed by atoms with van der Waals surface area (Å²) in [5.41, 5.74) is 8.02. The van der Waals surface area contributed by atoms with Gasteiger partial charge in [-0.2, -0.15) is 5.10 Å². The van der Waals surface area contributed by atoms with Crippen LogP contribution >= 0.6 is 24.8 Å². The number of pyridine rings is 1. The number of carbonyl (C=O) groups excluding carboxylic acids is 1. The molecule has 1 atom stereocenters. The lowest BCUT2D eigenvalue weighted by Gasteiger charge is -2.22. The zero-order chi connectivity index (χ0) is 20.4. The molecule has 30 heavy (non-hydrogen) atoms. The molecule has 0 fully saturated rings. The van der Waals surface area contributed by atoms with Crippen LogP contribution in [-0.4, -0.2) is 45.2 Å². The maximum absolute atomic E-state index is 13.2. The van der Waals surface area contributed by atoms with Gasteiger partial charge in [0.15, 0.2) is 11.4 Å². The first-order valence-corrected chi connectivity index (χ1v) is 9.72. The zero-order valence-corrected chi connectivity index (χ0v) is 19.7. The predicted molar refractivity (Wildman–Crippen MR) is 125 cm³/mol. The van der Waals surface area contributed by atoms with Crippen LogP contribution in [-0.2, 0) is 0 Å². The highest BCUT2D eigenvalue weighted by molar-refractivity contribution is 6.06. The zero-order valence-electron chi connectivity index (χ0n) is 18.0. The van der Waals surface area contributed by atoms with Crippen LogP contribution in [0.25, 0.3) is 22.5 Å². The lowest BCUT2D eigenvalue weighted by molar-refractivity contribution is 0.0791. The largest absolute Gasteiger partial charge is 0.463 e. The SMILES string of the molecule is CC(C)C(N)CCN(C)C(=O)c1cc(-c2ccco2)nc2c1cnn2C(C)C.Cl.Cl.